The van der Waals surface area contributed by atoms with Gasteiger partial charge in [-0.05, 0) is 37.0 Å². The van der Waals surface area contributed by atoms with Crippen molar-refractivity contribution in [3.63, 3.8) is 0 Å². The summed E-state index contributed by atoms with van der Waals surface area (Å²) in [6.45, 7) is 0.856. The van der Waals surface area contributed by atoms with Gasteiger partial charge >= 0.3 is 0 Å². The van der Waals surface area contributed by atoms with Gasteiger partial charge in [-0.2, -0.15) is 0 Å². The van der Waals surface area contributed by atoms with E-state index in [2.05, 4.69) is 22.8 Å². The first kappa shape index (κ1) is 14.9. The van der Waals surface area contributed by atoms with Crippen molar-refractivity contribution in [2.45, 2.75) is 56.5 Å². The zero-order valence-corrected chi connectivity index (χ0v) is 13.1. The molecule has 1 aliphatic carbocycles. The van der Waals surface area contributed by atoms with E-state index in [4.69, 9.17) is 11.6 Å². The zero-order valence-electron chi connectivity index (χ0n) is 12.3. The number of carbonyl (C=O) groups excluding carboxylic acids is 1. The number of amides is 1. The van der Waals surface area contributed by atoms with Crippen LogP contribution in [0.5, 0.6) is 0 Å². The highest BCUT2D eigenvalue weighted by Gasteiger charge is 2.34. The molecule has 1 aliphatic heterocycles. The average Bonchev–Trinajstić information content (AvgIpc) is 2.92. The van der Waals surface area contributed by atoms with Crippen molar-refractivity contribution in [3.05, 3.63) is 34.9 Å². The molecule has 114 valence electrons. The Hall–Kier alpha value is -1.06. The van der Waals surface area contributed by atoms with E-state index in [0.29, 0.717) is 6.42 Å². The van der Waals surface area contributed by atoms with E-state index in [-0.39, 0.29) is 17.5 Å². The van der Waals surface area contributed by atoms with Crippen LogP contribution >= 0.6 is 11.6 Å². The first-order valence-electron chi connectivity index (χ1n) is 7.98. The topological polar surface area (TPSA) is 41.1 Å². The number of rotatable bonds is 4. The van der Waals surface area contributed by atoms with Crippen LogP contribution in [0.3, 0.4) is 0 Å². The molecular formula is C17H23ClN2O. The molecule has 1 aromatic carbocycles. The van der Waals surface area contributed by atoms with Crippen LogP contribution in [0.15, 0.2) is 24.3 Å². The summed E-state index contributed by atoms with van der Waals surface area (Å²) in [7, 11) is 0. The predicted molar refractivity (Wildman–Crippen MR) is 85.4 cm³/mol. The van der Waals surface area contributed by atoms with Gasteiger partial charge < -0.3 is 10.6 Å². The second kappa shape index (κ2) is 6.37. The van der Waals surface area contributed by atoms with Crippen molar-refractivity contribution >= 4 is 17.5 Å². The molecule has 1 amide bonds. The molecule has 1 aromatic rings. The molecule has 0 bridgehead atoms. The molecule has 2 N–H and O–H groups in total. The van der Waals surface area contributed by atoms with Crippen LogP contribution in [-0.4, -0.2) is 18.5 Å². The van der Waals surface area contributed by atoms with Gasteiger partial charge in [0.15, 0.2) is 0 Å². The maximum Gasteiger partial charge on any atom is 0.220 e. The maximum absolute atomic E-state index is 11.3. The molecule has 1 heterocycles. The van der Waals surface area contributed by atoms with E-state index in [1.54, 1.807) is 0 Å². The van der Waals surface area contributed by atoms with Crippen LogP contribution < -0.4 is 10.6 Å². The fourth-order valence-electron chi connectivity index (χ4n) is 3.64. The summed E-state index contributed by atoms with van der Waals surface area (Å²) in [6, 6.07) is 8.53. The highest BCUT2D eigenvalue weighted by molar-refractivity contribution is 6.30. The van der Waals surface area contributed by atoms with Gasteiger partial charge in [0.05, 0.1) is 0 Å². The van der Waals surface area contributed by atoms with Gasteiger partial charge in [-0.3, -0.25) is 4.79 Å². The summed E-state index contributed by atoms with van der Waals surface area (Å²) < 4.78 is 0. The number of nitrogens with one attached hydrogen (secondary N) is 2. The zero-order chi connectivity index (χ0) is 14.7. The molecule has 1 atom stereocenters. The van der Waals surface area contributed by atoms with Gasteiger partial charge in [0.25, 0.3) is 0 Å². The SMILES string of the molecule is O=C1CC[C@@H](CNC2(c3ccc(Cl)cc3)CCCCC2)N1. The Morgan fingerprint density at radius 2 is 1.90 bits per heavy atom. The largest absolute Gasteiger partial charge is 0.352 e. The Morgan fingerprint density at radius 1 is 1.19 bits per heavy atom. The van der Waals surface area contributed by atoms with Crippen LogP contribution in [0.25, 0.3) is 0 Å². The standard InChI is InChI=1S/C17H23ClN2O/c18-14-6-4-13(5-7-14)17(10-2-1-3-11-17)19-12-15-8-9-16(21)20-15/h4-7,15,19H,1-3,8-12H2,(H,20,21)/t15-/m0/s1. The number of carbonyl (C=O) groups is 1. The highest BCUT2D eigenvalue weighted by atomic mass is 35.5. The number of halogens is 1. The lowest BCUT2D eigenvalue weighted by Crippen LogP contribution is -2.48. The Morgan fingerprint density at radius 3 is 2.52 bits per heavy atom. The second-order valence-electron chi connectivity index (χ2n) is 6.33. The first-order chi connectivity index (χ1) is 10.2. The molecule has 3 rings (SSSR count). The molecule has 1 saturated heterocycles. The van der Waals surface area contributed by atoms with E-state index in [9.17, 15) is 4.79 Å². The van der Waals surface area contributed by atoms with Crippen molar-refractivity contribution in [1.29, 1.82) is 0 Å². The summed E-state index contributed by atoms with van der Waals surface area (Å²) in [5, 5.41) is 7.61. The Labute approximate surface area is 131 Å². The summed E-state index contributed by atoms with van der Waals surface area (Å²) in [5.41, 5.74) is 1.38. The van der Waals surface area contributed by atoms with Crippen LogP contribution in [0, 0.1) is 0 Å². The third-order valence-corrected chi connectivity index (χ3v) is 5.13. The molecular weight excluding hydrogens is 284 g/mol. The lowest BCUT2D eigenvalue weighted by Gasteiger charge is -2.40. The molecule has 1 saturated carbocycles. The van der Waals surface area contributed by atoms with E-state index >= 15 is 0 Å². The van der Waals surface area contributed by atoms with Crippen molar-refractivity contribution in [3.8, 4) is 0 Å². The summed E-state index contributed by atoms with van der Waals surface area (Å²) >= 11 is 6.02. The minimum atomic E-state index is 0.0517. The van der Waals surface area contributed by atoms with Crippen LogP contribution in [-0.2, 0) is 10.3 Å². The quantitative estimate of drug-likeness (QED) is 0.895. The van der Waals surface area contributed by atoms with E-state index in [1.807, 2.05) is 12.1 Å². The molecule has 2 aliphatic rings. The average molecular weight is 307 g/mol. The molecule has 0 spiro atoms. The number of hydrogen-bond donors (Lipinski definition) is 2. The van der Waals surface area contributed by atoms with Crippen LogP contribution in [0.1, 0.15) is 50.5 Å². The van der Waals surface area contributed by atoms with Crippen LogP contribution in [0.4, 0.5) is 0 Å². The molecule has 0 aromatic heterocycles. The van der Waals surface area contributed by atoms with Crippen molar-refractivity contribution in [2.75, 3.05) is 6.54 Å². The highest BCUT2D eigenvalue weighted by Crippen LogP contribution is 2.37. The van der Waals surface area contributed by atoms with Gasteiger partial charge in [0.1, 0.15) is 0 Å². The lowest BCUT2D eigenvalue weighted by molar-refractivity contribution is -0.119. The summed E-state index contributed by atoms with van der Waals surface area (Å²) in [6.07, 6.45) is 7.77. The smallest absolute Gasteiger partial charge is 0.220 e. The monoisotopic (exact) mass is 306 g/mol. The number of hydrogen-bond acceptors (Lipinski definition) is 2. The van der Waals surface area contributed by atoms with Gasteiger partial charge in [0.2, 0.25) is 5.91 Å². The fraction of sp³-hybridized carbons (Fsp3) is 0.588. The van der Waals surface area contributed by atoms with E-state index in [1.165, 1.54) is 24.8 Å². The summed E-state index contributed by atoms with van der Waals surface area (Å²) in [5.74, 6) is 0.186. The van der Waals surface area contributed by atoms with Crippen molar-refractivity contribution in [1.82, 2.24) is 10.6 Å². The van der Waals surface area contributed by atoms with Crippen LogP contribution in [0.2, 0.25) is 5.02 Å². The fourth-order valence-corrected chi connectivity index (χ4v) is 3.77. The summed E-state index contributed by atoms with van der Waals surface area (Å²) in [4.78, 5) is 11.3. The molecule has 21 heavy (non-hydrogen) atoms. The van der Waals surface area contributed by atoms with Gasteiger partial charge in [-0.1, -0.05) is 43.0 Å². The number of benzene rings is 1. The van der Waals surface area contributed by atoms with Gasteiger partial charge in [-0.25, -0.2) is 0 Å². The predicted octanol–water partition coefficient (Wildman–Crippen LogP) is 3.37. The molecule has 0 unspecified atom stereocenters. The van der Waals surface area contributed by atoms with Crippen molar-refractivity contribution in [2.24, 2.45) is 0 Å². The van der Waals surface area contributed by atoms with Crippen molar-refractivity contribution < 1.29 is 4.79 Å². The minimum absolute atomic E-state index is 0.0517. The van der Waals surface area contributed by atoms with Gasteiger partial charge in [0, 0.05) is 29.6 Å². The Balaban J connectivity index is 1.73. The Kier molecular flexibility index (Phi) is 4.51. The molecule has 3 nitrogen and oxygen atoms in total. The normalized spacial score (nSPS) is 24.8. The van der Waals surface area contributed by atoms with E-state index < -0.39 is 0 Å². The lowest BCUT2D eigenvalue weighted by atomic mass is 9.76. The minimum Gasteiger partial charge on any atom is -0.352 e. The Bertz CT molecular complexity index is 494. The molecule has 2 fully saturated rings. The molecule has 4 heteroatoms. The first-order valence-corrected chi connectivity index (χ1v) is 8.36. The second-order valence-corrected chi connectivity index (χ2v) is 6.77. The third kappa shape index (κ3) is 3.41. The van der Waals surface area contributed by atoms with Gasteiger partial charge in [-0.15, -0.1) is 0 Å². The third-order valence-electron chi connectivity index (χ3n) is 4.88. The molecule has 0 radical (unpaired) electrons. The van der Waals surface area contributed by atoms with E-state index in [0.717, 1.165) is 30.8 Å². The maximum atomic E-state index is 11.3.